The summed E-state index contributed by atoms with van der Waals surface area (Å²) in [7, 11) is 0. The van der Waals surface area contributed by atoms with Crippen LogP contribution in [0.5, 0.6) is 0 Å². The fourth-order valence-corrected chi connectivity index (χ4v) is 2.24. The number of hydrogen-bond acceptors (Lipinski definition) is 3. The Bertz CT molecular complexity index is 567. The summed E-state index contributed by atoms with van der Waals surface area (Å²) in [6.07, 6.45) is 0.249. The summed E-state index contributed by atoms with van der Waals surface area (Å²) in [5.74, 6) is -0.638. The van der Waals surface area contributed by atoms with Gasteiger partial charge in [0.25, 0.3) is 5.91 Å². The van der Waals surface area contributed by atoms with Gasteiger partial charge < -0.3 is 0 Å². The van der Waals surface area contributed by atoms with Crippen molar-refractivity contribution in [1.82, 2.24) is 10.9 Å². The lowest BCUT2D eigenvalue weighted by Crippen LogP contribution is -2.42. The van der Waals surface area contributed by atoms with E-state index in [0.717, 1.165) is 4.88 Å². The number of carbonyl (C=O) groups is 2. The van der Waals surface area contributed by atoms with Crippen molar-refractivity contribution in [3.63, 3.8) is 0 Å². The molecule has 0 aliphatic heterocycles. The second-order valence-electron chi connectivity index (χ2n) is 3.77. The number of amides is 2. The molecule has 2 aromatic rings. The molecule has 0 bridgehead atoms. The summed E-state index contributed by atoms with van der Waals surface area (Å²) in [6, 6.07) is 10.1. The van der Waals surface area contributed by atoms with Gasteiger partial charge in [0.2, 0.25) is 5.91 Å². The molecular weight excluding hydrogens is 284 g/mol. The van der Waals surface area contributed by atoms with Crippen LogP contribution in [0.3, 0.4) is 0 Å². The molecule has 0 unspecified atom stereocenters. The van der Waals surface area contributed by atoms with Gasteiger partial charge in [0.1, 0.15) is 0 Å². The lowest BCUT2D eigenvalue weighted by Gasteiger charge is -2.06. The Morgan fingerprint density at radius 3 is 2.47 bits per heavy atom. The average molecular weight is 295 g/mol. The number of halogens is 1. The van der Waals surface area contributed by atoms with Gasteiger partial charge in [-0.1, -0.05) is 17.7 Å². The second-order valence-corrected chi connectivity index (χ2v) is 5.23. The molecule has 0 aliphatic carbocycles. The lowest BCUT2D eigenvalue weighted by molar-refractivity contribution is -0.121. The Balaban J connectivity index is 1.83. The van der Waals surface area contributed by atoms with E-state index in [1.165, 1.54) is 11.3 Å². The standard InChI is InChI=1S/C13H11ClN2O2S/c14-10-5-3-9(4-6-10)13(18)16-15-12(17)8-11-2-1-7-19-11/h1-7H,8H2,(H,15,17)(H,16,18). The molecular formula is C13H11ClN2O2S. The van der Waals surface area contributed by atoms with Crippen LogP contribution in [0, 0.1) is 0 Å². The second kappa shape index (κ2) is 6.36. The van der Waals surface area contributed by atoms with Gasteiger partial charge in [-0.2, -0.15) is 0 Å². The maximum Gasteiger partial charge on any atom is 0.269 e. The topological polar surface area (TPSA) is 58.2 Å². The summed E-state index contributed by atoms with van der Waals surface area (Å²) in [6.45, 7) is 0. The van der Waals surface area contributed by atoms with Crippen LogP contribution in [-0.4, -0.2) is 11.8 Å². The summed E-state index contributed by atoms with van der Waals surface area (Å²) < 4.78 is 0. The van der Waals surface area contributed by atoms with E-state index in [4.69, 9.17) is 11.6 Å². The van der Waals surface area contributed by atoms with Crippen molar-refractivity contribution in [3.8, 4) is 0 Å². The summed E-state index contributed by atoms with van der Waals surface area (Å²) in [5, 5.41) is 2.45. The Labute approximate surface area is 119 Å². The number of benzene rings is 1. The first kappa shape index (κ1) is 13.6. The molecule has 1 aromatic heterocycles. The highest BCUT2D eigenvalue weighted by Gasteiger charge is 2.08. The monoisotopic (exact) mass is 294 g/mol. The van der Waals surface area contributed by atoms with Gasteiger partial charge in [-0.05, 0) is 35.7 Å². The SMILES string of the molecule is O=C(Cc1cccs1)NNC(=O)c1ccc(Cl)cc1. The summed E-state index contributed by atoms with van der Waals surface area (Å²) >= 11 is 7.22. The fraction of sp³-hybridized carbons (Fsp3) is 0.0769. The molecule has 2 N–H and O–H groups in total. The Morgan fingerprint density at radius 2 is 1.84 bits per heavy atom. The minimum Gasteiger partial charge on any atom is -0.273 e. The van der Waals surface area contributed by atoms with Gasteiger partial charge in [-0.25, -0.2) is 0 Å². The van der Waals surface area contributed by atoms with E-state index in [0.29, 0.717) is 10.6 Å². The predicted molar refractivity (Wildman–Crippen MR) is 75.1 cm³/mol. The molecule has 98 valence electrons. The molecule has 1 heterocycles. The quantitative estimate of drug-likeness (QED) is 0.854. The Morgan fingerprint density at radius 1 is 1.11 bits per heavy atom. The number of carbonyl (C=O) groups excluding carboxylic acids is 2. The highest BCUT2D eigenvalue weighted by molar-refractivity contribution is 7.10. The van der Waals surface area contributed by atoms with Crippen LogP contribution in [0.25, 0.3) is 0 Å². The average Bonchev–Trinajstić information content (AvgIpc) is 2.89. The van der Waals surface area contributed by atoms with Crippen LogP contribution in [-0.2, 0) is 11.2 Å². The maximum absolute atomic E-state index is 11.7. The van der Waals surface area contributed by atoms with Crippen molar-refractivity contribution in [1.29, 1.82) is 0 Å². The van der Waals surface area contributed by atoms with Crippen LogP contribution in [0.4, 0.5) is 0 Å². The Hall–Kier alpha value is -1.85. The number of rotatable bonds is 3. The van der Waals surface area contributed by atoms with Gasteiger partial charge in [0.15, 0.2) is 0 Å². The third-order valence-corrected chi connectivity index (χ3v) is 3.47. The predicted octanol–water partition coefficient (Wildman–Crippen LogP) is 2.41. The molecule has 2 rings (SSSR count). The maximum atomic E-state index is 11.7. The first-order chi connectivity index (χ1) is 9.15. The number of thiophene rings is 1. The van der Waals surface area contributed by atoms with E-state index in [-0.39, 0.29) is 18.2 Å². The van der Waals surface area contributed by atoms with Crippen LogP contribution in [0.2, 0.25) is 5.02 Å². The molecule has 2 amide bonds. The van der Waals surface area contributed by atoms with Crippen LogP contribution >= 0.6 is 22.9 Å². The number of hydrazine groups is 1. The highest BCUT2D eigenvalue weighted by atomic mass is 35.5. The molecule has 0 atom stereocenters. The third kappa shape index (κ3) is 4.08. The van der Waals surface area contributed by atoms with Gasteiger partial charge >= 0.3 is 0 Å². The minimum absolute atomic E-state index is 0.249. The zero-order valence-corrected chi connectivity index (χ0v) is 11.4. The van der Waals surface area contributed by atoms with Gasteiger partial charge in [0, 0.05) is 15.5 Å². The summed E-state index contributed by atoms with van der Waals surface area (Å²) in [5.41, 5.74) is 5.15. The van der Waals surface area contributed by atoms with E-state index in [1.807, 2.05) is 17.5 Å². The van der Waals surface area contributed by atoms with Gasteiger partial charge in [0.05, 0.1) is 6.42 Å². The van der Waals surface area contributed by atoms with Crippen molar-refractivity contribution in [2.24, 2.45) is 0 Å². The van der Waals surface area contributed by atoms with Crippen molar-refractivity contribution >= 4 is 34.8 Å². The van der Waals surface area contributed by atoms with E-state index in [2.05, 4.69) is 10.9 Å². The summed E-state index contributed by atoms with van der Waals surface area (Å²) in [4.78, 5) is 24.2. The molecule has 4 nitrogen and oxygen atoms in total. The zero-order valence-electron chi connectivity index (χ0n) is 9.85. The van der Waals surface area contributed by atoms with E-state index in [1.54, 1.807) is 24.3 Å². The largest absolute Gasteiger partial charge is 0.273 e. The molecule has 1 aromatic carbocycles. The van der Waals surface area contributed by atoms with E-state index >= 15 is 0 Å². The first-order valence-electron chi connectivity index (χ1n) is 5.52. The van der Waals surface area contributed by atoms with Crippen LogP contribution in [0.15, 0.2) is 41.8 Å². The van der Waals surface area contributed by atoms with Gasteiger partial charge in [-0.3, -0.25) is 20.4 Å². The molecule has 0 spiro atoms. The van der Waals surface area contributed by atoms with Gasteiger partial charge in [-0.15, -0.1) is 11.3 Å². The number of nitrogens with one attached hydrogen (secondary N) is 2. The lowest BCUT2D eigenvalue weighted by atomic mass is 10.2. The zero-order chi connectivity index (χ0) is 13.7. The van der Waals surface area contributed by atoms with Crippen molar-refractivity contribution < 1.29 is 9.59 Å². The molecule has 19 heavy (non-hydrogen) atoms. The molecule has 0 saturated carbocycles. The molecule has 0 radical (unpaired) electrons. The van der Waals surface area contributed by atoms with Crippen LogP contribution < -0.4 is 10.9 Å². The third-order valence-electron chi connectivity index (χ3n) is 2.34. The normalized spacial score (nSPS) is 9.95. The minimum atomic E-state index is -0.379. The molecule has 6 heteroatoms. The van der Waals surface area contributed by atoms with Crippen molar-refractivity contribution in [2.75, 3.05) is 0 Å². The highest BCUT2D eigenvalue weighted by Crippen LogP contribution is 2.09. The first-order valence-corrected chi connectivity index (χ1v) is 6.78. The fourth-order valence-electron chi connectivity index (χ4n) is 1.42. The Kier molecular flexibility index (Phi) is 4.54. The van der Waals surface area contributed by atoms with Crippen molar-refractivity contribution in [3.05, 3.63) is 57.2 Å². The smallest absolute Gasteiger partial charge is 0.269 e. The molecule has 0 aliphatic rings. The molecule has 0 saturated heterocycles. The van der Waals surface area contributed by atoms with E-state index < -0.39 is 0 Å². The molecule has 0 fully saturated rings. The van der Waals surface area contributed by atoms with E-state index in [9.17, 15) is 9.59 Å². The van der Waals surface area contributed by atoms with Crippen molar-refractivity contribution in [2.45, 2.75) is 6.42 Å². The van der Waals surface area contributed by atoms with Crippen LogP contribution in [0.1, 0.15) is 15.2 Å². The number of hydrogen-bond donors (Lipinski definition) is 2.